The van der Waals surface area contributed by atoms with E-state index >= 15 is 0 Å². The molecule has 4 heterocycles. The second-order valence-corrected chi connectivity index (χ2v) is 29.8. The molecule has 35 nitrogen and oxygen atoms in total. The van der Waals surface area contributed by atoms with Gasteiger partial charge < -0.3 is 73.8 Å². The number of Topliss-reactive ketones (excluding diaryl/α,β-unsaturated/α-hetero) is 1. The molecule has 1 fully saturated rings. The molecule has 558 valence electrons. The van der Waals surface area contributed by atoms with Crippen molar-refractivity contribution in [2.45, 2.75) is 77.5 Å². The van der Waals surface area contributed by atoms with Crippen molar-refractivity contribution in [2.24, 2.45) is 5.11 Å². The Kier molecular flexibility index (Phi) is 29.2. The van der Waals surface area contributed by atoms with E-state index < -0.39 is 113 Å². The van der Waals surface area contributed by atoms with E-state index in [9.17, 15) is 70.8 Å². The zero-order valence-corrected chi connectivity index (χ0v) is 60.4. The maximum atomic E-state index is 14.8. The number of carbonyl (C=O) groups is 4. The number of ether oxygens (including phenoxy) is 5. The van der Waals surface area contributed by atoms with Crippen LogP contribution in [0, 0.1) is 11.8 Å². The normalized spacial score (nSPS) is 15.9. The number of azide groups is 1. The van der Waals surface area contributed by atoms with Crippen LogP contribution in [0.5, 0.6) is 5.75 Å². The van der Waals surface area contributed by atoms with Gasteiger partial charge in [0.1, 0.15) is 53.2 Å². The number of amides is 3. The molecule has 40 heteroatoms. The molecule has 0 saturated carbocycles. The van der Waals surface area contributed by atoms with Crippen LogP contribution < -0.4 is 37.2 Å². The van der Waals surface area contributed by atoms with Crippen LogP contribution in [-0.2, 0) is 65.5 Å². The van der Waals surface area contributed by atoms with E-state index in [1.807, 2.05) is 50.2 Å². The van der Waals surface area contributed by atoms with Gasteiger partial charge in [0.05, 0.1) is 59.7 Å². The van der Waals surface area contributed by atoms with Crippen LogP contribution in [0.25, 0.3) is 53.3 Å². The Morgan fingerprint density at radius 1 is 0.904 bits per heavy atom. The molecule has 0 radical (unpaired) electrons. The number of phosphoric acid groups is 3. The fraction of sp³-hybridized carbons (Fsp3) is 0.391. The number of thiazole rings is 1. The number of nitrogens with two attached hydrogens (primary N) is 1. The van der Waals surface area contributed by atoms with Gasteiger partial charge in [0, 0.05) is 110 Å². The minimum Gasteiger partial charge on any atom is -0.491 e. The van der Waals surface area contributed by atoms with Gasteiger partial charge in [-0.05, 0) is 93.2 Å². The lowest BCUT2D eigenvalue weighted by Crippen LogP contribution is -2.36. The number of nitrogen functional groups attached to an aromatic ring is 1. The van der Waals surface area contributed by atoms with E-state index in [1.165, 1.54) is 34.6 Å². The summed E-state index contributed by atoms with van der Waals surface area (Å²) >= 11 is 1.28. The third kappa shape index (κ3) is 23.7. The number of nitrogens with zero attached hydrogens (tertiary/aromatic N) is 7. The van der Waals surface area contributed by atoms with Crippen molar-refractivity contribution in [1.82, 2.24) is 25.1 Å². The van der Waals surface area contributed by atoms with Gasteiger partial charge >= 0.3 is 29.1 Å². The highest BCUT2D eigenvalue weighted by Gasteiger charge is 2.44. The maximum absolute atomic E-state index is 14.8. The monoisotopic (exact) mass is 1540 g/mol. The van der Waals surface area contributed by atoms with E-state index in [-0.39, 0.29) is 123 Å². The summed E-state index contributed by atoms with van der Waals surface area (Å²) in [6.45, 7) is 4.62. The van der Waals surface area contributed by atoms with Gasteiger partial charge in [-0.15, -0.1) is 11.3 Å². The number of hydrogen-bond donors (Lipinski definition) is 8. The third-order valence-electron chi connectivity index (χ3n) is 15.5. The number of aromatic nitrogens is 2. The fourth-order valence-electron chi connectivity index (χ4n) is 10.8. The molecule has 6 unspecified atom stereocenters. The van der Waals surface area contributed by atoms with Gasteiger partial charge in [0.15, 0.2) is 6.23 Å². The first-order chi connectivity index (χ1) is 49.5. The van der Waals surface area contributed by atoms with Crippen LogP contribution in [0.15, 0.2) is 122 Å². The Hall–Kier alpha value is -8.56. The first-order valence-corrected chi connectivity index (χ1v) is 39.1. The molecular formula is C64H75N10O25P3S2. The molecule has 7 aromatic rings. The molecule has 8 rings (SSSR count). The number of phosphoric ester groups is 1. The number of rotatable bonds is 39. The van der Waals surface area contributed by atoms with Crippen LogP contribution in [0.3, 0.4) is 0 Å². The highest BCUT2D eigenvalue weighted by molar-refractivity contribution is 7.85. The van der Waals surface area contributed by atoms with E-state index in [0.717, 1.165) is 21.0 Å². The van der Waals surface area contributed by atoms with Crippen molar-refractivity contribution in [1.29, 1.82) is 0 Å². The van der Waals surface area contributed by atoms with Crippen LogP contribution >= 0.6 is 34.8 Å². The van der Waals surface area contributed by atoms with Crippen molar-refractivity contribution in [3.05, 3.63) is 151 Å². The Bertz CT molecular complexity index is 4730. The molecule has 6 atom stereocenters. The summed E-state index contributed by atoms with van der Waals surface area (Å²) < 4.78 is 117. The molecular weight excluding hydrogens is 1470 g/mol. The Balaban J connectivity index is 0.768. The smallest absolute Gasteiger partial charge is 0.490 e. The number of benzene rings is 4. The first kappa shape index (κ1) is 81.1. The van der Waals surface area contributed by atoms with E-state index in [1.54, 1.807) is 49.4 Å². The number of ketones is 1. The maximum Gasteiger partial charge on any atom is 0.490 e. The standard InChI is InChI=1S/C64H75N10O25P3S2/c1-4-72(5-2)43-24-25-48-51(34-43)97-64(80)60(62-69-50-22-9-10-23-54(50)103-62)59(48)46-20-7-8-21-47(46)63(79)73(29-32-104(88,89)90)28-14-18-44(75)17-13-27-68-61(78)41-15-11-19-45(33-41)94-40-56(70-71-66)93-31-30-91-39-55(76)67-26-12-16-42-37-74(57(77)35-49(42)65)58-36-52(92-6-3)53(96-58)38-95-101(84,85)99-102(86,87)98-100(81,82)83/h7-11,15,19-25,33-35,37,52-53,56,58H,4-6,13-14,17-18,26-32,36,38-40,65H2,1-3H3,(H,67,76)(H,68,78)(H,84,85)(H,86,87)(H2,81,82,83)(H,88,89,90). The average molecular weight is 1540 g/mol. The minimum atomic E-state index is -5.79. The van der Waals surface area contributed by atoms with Gasteiger partial charge in [0.25, 0.3) is 27.5 Å². The fourth-order valence-corrected chi connectivity index (χ4v) is 15.3. The van der Waals surface area contributed by atoms with E-state index in [2.05, 4.69) is 46.0 Å². The van der Waals surface area contributed by atoms with Crippen LogP contribution in [0.4, 0.5) is 11.4 Å². The van der Waals surface area contributed by atoms with Gasteiger partial charge in [-0.2, -0.15) is 17.0 Å². The quantitative estimate of drug-likeness (QED) is 0.00270. The molecule has 104 heavy (non-hydrogen) atoms. The SMILES string of the molecule is CCOC1CC(n2cc(C#CCNC(=O)COCCOC(COc3cccc(C(=O)NCCCC(=O)CCCN(CCS(=O)(=O)O)C(=O)c4ccccc4-c4c(-c5nc6ccccc6s5)c(=O)oc5cc(N(CC)CC)ccc45)c3)N=[N+]=[N-])c(N)cc2=O)OC1COP(=O)(O)OP(=O)(O)OP(=O)(O)O. The van der Waals surface area contributed by atoms with Crippen LogP contribution in [0.2, 0.25) is 0 Å². The molecule has 3 amide bonds. The second kappa shape index (κ2) is 37.4. The topological polar surface area (TPSA) is 499 Å². The highest BCUT2D eigenvalue weighted by atomic mass is 32.2. The average Bonchev–Trinajstić information content (AvgIpc) is 1.24. The molecule has 3 aromatic heterocycles. The van der Waals surface area contributed by atoms with Gasteiger partial charge in [-0.3, -0.25) is 37.6 Å². The second-order valence-electron chi connectivity index (χ2n) is 22.7. The lowest BCUT2D eigenvalue weighted by atomic mass is 9.92. The van der Waals surface area contributed by atoms with Crippen molar-refractivity contribution in [2.75, 3.05) is 95.3 Å². The van der Waals surface area contributed by atoms with Crippen molar-refractivity contribution in [3.8, 4) is 39.3 Å². The lowest BCUT2D eigenvalue weighted by molar-refractivity contribution is -0.126. The molecule has 1 saturated heterocycles. The molecule has 4 aromatic carbocycles. The minimum absolute atomic E-state index is 0.0160. The van der Waals surface area contributed by atoms with Crippen molar-refractivity contribution < 1.29 is 107 Å². The number of carbonyl (C=O) groups excluding carboxylic acids is 4. The van der Waals surface area contributed by atoms with Gasteiger partial charge in [-0.25, -0.2) is 23.5 Å². The Morgan fingerprint density at radius 3 is 2.38 bits per heavy atom. The number of anilines is 2. The van der Waals surface area contributed by atoms with E-state index in [4.69, 9.17) is 53.1 Å². The Morgan fingerprint density at radius 2 is 1.65 bits per heavy atom. The zero-order valence-electron chi connectivity index (χ0n) is 56.1. The van der Waals surface area contributed by atoms with Gasteiger partial charge in [-0.1, -0.05) is 53.4 Å². The highest BCUT2D eigenvalue weighted by Crippen LogP contribution is 2.66. The van der Waals surface area contributed by atoms with Crippen molar-refractivity contribution in [3.63, 3.8) is 0 Å². The summed E-state index contributed by atoms with van der Waals surface area (Å²) in [6, 6.07) is 26.6. The largest absolute Gasteiger partial charge is 0.491 e. The molecule has 1 aliphatic heterocycles. The molecule has 0 bridgehead atoms. The summed E-state index contributed by atoms with van der Waals surface area (Å²) in [6.07, 6.45) is -2.73. The predicted molar refractivity (Wildman–Crippen MR) is 379 cm³/mol. The number of hydrogen-bond acceptors (Lipinski definition) is 25. The van der Waals surface area contributed by atoms with Gasteiger partial charge in [0.2, 0.25) is 5.91 Å². The first-order valence-electron chi connectivity index (χ1n) is 32.1. The van der Waals surface area contributed by atoms with Crippen LogP contribution in [0.1, 0.15) is 85.4 Å². The summed E-state index contributed by atoms with van der Waals surface area (Å²) in [5, 5.41) is 9.74. The number of pyridine rings is 1. The predicted octanol–water partition coefficient (Wildman–Crippen LogP) is 7.47. The molecule has 9 N–H and O–H groups in total. The number of nitrogens with one attached hydrogen (secondary N) is 2. The van der Waals surface area contributed by atoms with Crippen LogP contribution in [-0.4, -0.2) is 174 Å². The van der Waals surface area contributed by atoms with Crippen molar-refractivity contribution >= 4 is 101 Å². The Labute approximate surface area is 598 Å². The summed E-state index contributed by atoms with van der Waals surface area (Å²) in [4.78, 5) is 129. The number of fused-ring (bicyclic) bond motifs is 2. The van der Waals surface area contributed by atoms with E-state index in [0.29, 0.717) is 40.1 Å². The molecule has 1 aliphatic rings. The summed E-state index contributed by atoms with van der Waals surface area (Å²) in [5.74, 6) is 2.95. The number of para-hydroxylation sites is 1. The zero-order chi connectivity index (χ0) is 75.4. The third-order valence-corrected chi connectivity index (χ3v) is 21.1. The summed E-state index contributed by atoms with van der Waals surface area (Å²) in [7, 11) is -21.5. The molecule has 0 spiro atoms. The summed E-state index contributed by atoms with van der Waals surface area (Å²) in [5.41, 5.74) is 16.9. The molecule has 0 aliphatic carbocycles. The lowest BCUT2D eigenvalue weighted by Gasteiger charge is -2.24.